The van der Waals surface area contributed by atoms with E-state index in [4.69, 9.17) is 11.5 Å². The number of aliphatic carboxylic acids is 4. The summed E-state index contributed by atoms with van der Waals surface area (Å²) in [6.45, 7) is 6.62. The molecule has 2 fully saturated rings. The van der Waals surface area contributed by atoms with Crippen LogP contribution in [-0.4, -0.2) is 243 Å². The summed E-state index contributed by atoms with van der Waals surface area (Å²) in [5, 5.41) is 63.3. The molecule has 2 saturated heterocycles. The van der Waals surface area contributed by atoms with E-state index in [9.17, 15) is 78.3 Å². The number of nitrogens with two attached hydrogens (primary N) is 2. The lowest BCUT2D eigenvalue weighted by atomic mass is 9.96. The molecule has 7 amide bonds. The first-order valence-electron chi connectivity index (χ1n) is 29.2. The normalized spacial score (nSPS) is 18.3. The third-order valence-corrected chi connectivity index (χ3v) is 15.2. The van der Waals surface area contributed by atoms with Crippen molar-refractivity contribution in [3.63, 3.8) is 0 Å². The molecule has 8 atom stereocenters. The van der Waals surface area contributed by atoms with E-state index in [0.717, 1.165) is 4.90 Å². The molecule has 0 bridgehead atoms. The third kappa shape index (κ3) is 25.1. The predicted octanol–water partition coefficient (Wildman–Crippen LogP) is -0.619. The van der Waals surface area contributed by atoms with Gasteiger partial charge in [-0.2, -0.15) is 0 Å². The van der Waals surface area contributed by atoms with Crippen molar-refractivity contribution in [2.24, 2.45) is 23.3 Å². The van der Waals surface area contributed by atoms with Crippen LogP contribution in [0.1, 0.15) is 110 Å². The lowest BCUT2D eigenvalue weighted by Crippen LogP contribution is -2.60. The Hall–Kier alpha value is -7.01. The minimum atomic E-state index is -1.37. The molecule has 0 saturated carbocycles. The number of rotatable bonds is 34. The Balaban J connectivity index is 1.82. The number of nitrogens with one attached hydrogen (secondary N) is 5. The largest absolute Gasteiger partial charge is 0.480 e. The van der Waals surface area contributed by atoms with Gasteiger partial charge in [-0.25, -0.2) is 9.59 Å². The predicted molar refractivity (Wildman–Crippen MR) is 307 cm³/mol. The summed E-state index contributed by atoms with van der Waals surface area (Å²) in [6.07, 6.45) is 1.09. The molecule has 1 aromatic rings. The van der Waals surface area contributed by atoms with Crippen LogP contribution in [0.25, 0.3) is 0 Å². The number of carbonyl (C=O) groups excluding carboxylic acids is 6. The zero-order valence-corrected chi connectivity index (χ0v) is 49.1. The number of likely N-dealkylation sites (tertiary alicyclic amines) is 1. The van der Waals surface area contributed by atoms with E-state index in [1.807, 2.05) is 0 Å². The molecule has 0 radical (unpaired) electrons. The highest BCUT2D eigenvalue weighted by Crippen LogP contribution is 2.22. The van der Waals surface area contributed by atoms with Gasteiger partial charge >= 0.3 is 30.0 Å². The van der Waals surface area contributed by atoms with Gasteiger partial charge in [-0.1, -0.05) is 64.4 Å². The zero-order valence-electron chi connectivity index (χ0n) is 49.1. The zero-order chi connectivity index (χ0) is 62.5. The van der Waals surface area contributed by atoms with E-state index in [1.54, 1.807) is 58.0 Å². The number of amides is 7. The molecule has 3 rings (SSSR count). The maximum absolute atomic E-state index is 14.5. The molecule has 14 N–H and O–H groups in total. The van der Waals surface area contributed by atoms with Crippen molar-refractivity contribution in [3.8, 4) is 0 Å². The van der Waals surface area contributed by atoms with Crippen molar-refractivity contribution in [3.05, 3.63) is 35.9 Å². The number of hydrogen-bond donors (Lipinski definition) is 12. The second kappa shape index (κ2) is 37.3. The summed E-state index contributed by atoms with van der Waals surface area (Å²) in [4.78, 5) is 153. The van der Waals surface area contributed by atoms with E-state index in [-0.39, 0.29) is 110 Å². The van der Waals surface area contributed by atoms with E-state index < -0.39 is 133 Å². The van der Waals surface area contributed by atoms with Gasteiger partial charge in [-0.05, 0) is 94.7 Å². The SMILES string of the molecule is CC[C@H](C)[C@H](NC(=O)[C@H](CC(C)C)NC(=O)CCC(C(=O)O)N1CCN(CC(=O)O)CCN(CC(=O)O)CCN(C(=O)O)CC1)C(=O)N[C@@H](CCCCN)C(=O)N[C@@H](CCCCN)C(=O)N1CCC[C@H]1C(=O)N[C@@H](Cc1ccccc1)C(=O)O. The van der Waals surface area contributed by atoms with Crippen molar-refractivity contribution in [2.75, 3.05) is 85.1 Å². The smallest absolute Gasteiger partial charge is 0.407 e. The molecule has 472 valence electrons. The first-order valence-corrected chi connectivity index (χ1v) is 29.2. The molecule has 2 aliphatic heterocycles. The summed E-state index contributed by atoms with van der Waals surface area (Å²) in [7, 11) is 0. The van der Waals surface area contributed by atoms with E-state index >= 15 is 0 Å². The minimum Gasteiger partial charge on any atom is -0.480 e. The lowest BCUT2D eigenvalue weighted by molar-refractivity contribution is -0.145. The number of unbranched alkanes of at least 4 members (excludes halogenated alkanes) is 2. The number of hydrogen-bond acceptors (Lipinski definition) is 16. The fourth-order valence-electron chi connectivity index (χ4n) is 10.2. The number of carboxylic acid groups (broad SMARTS) is 5. The quantitative estimate of drug-likeness (QED) is 0.0383. The van der Waals surface area contributed by atoms with Crippen LogP contribution < -0.4 is 38.1 Å². The molecule has 1 aromatic carbocycles. The molecule has 0 aromatic heterocycles. The van der Waals surface area contributed by atoms with Gasteiger partial charge in [0.25, 0.3) is 0 Å². The fourth-order valence-corrected chi connectivity index (χ4v) is 10.2. The van der Waals surface area contributed by atoms with Crippen molar-refractivity contribution in [2.45, 2.75) is 153 Å². The number of benzene rings is 1. The van der Waals surface area contributed by atoms with Gasteiger partial charge in [0.05, 0.1) is 13.1 Å². The lowest BCUT2D eigenvalue weighted by Gasteiger charge is -2.35. The van der Waals surface area contributed by atoms with Crippen molar-refractivity contribution in [1.82, 2.24) is 51.1 Å². The van der Waals surface area contributed by atoms with Crippen LogP contribution in [0, 0.1) is 11.8 Å². The topological polar surface area (TPSA) is 417 Å². The standard InChI is InChI=1S/C56H92N12O16/c1-5-37(4)48(52(77)60-39(16-9-11-21-57)49(74)61-40(17-10-12-22-58)53(78)68-23-13-18-43(68)51(76)62-42(54(79)80)33-38-14-7-6-8-15-38)63-50(75)41(32-36(2)3)59-45(69)20-19-44(55(81)82)66-28-26-64(34-46(70)71)24-25-65(35-47(72)73)27-29-67(31-30-66)56(83)84/h6-8,14-15,36-37,39-44,48H,5,9-13,16-35,57-58H2,1-4H3,(H,59,69)(H,60,77)(H,61,74)(H,62,76)(H,63,75)(H,70,71)(H,72,73)(H,79,80)(H,81,82)(H,83,84)/t37-,39-,40-,41-,42-,43-,44?,48-/m0/s1. The highest BCUT2D eigenvalue weighted by atomic mass is 16.4. The van der Waals surface area contributed by atoms with Gasteiger partial charge in [-0.3, -0.25) is 57.9 Å². The van der Waals surface area contributed by atoms with Crippen molar-refractivity contribution in [1.29, 1.82) is 0 Å². The maximum Gasteiger partial charge on any atom is 0.407 e. The van der Waals surface area contributed by atoms with Crippen molar-refractivity contribution < 1.29 is 78.3 Å². The molecule has 2 aliphatic rings. The second-order valence-corrected chi connectivity index (χ2v) is 22.1. The van der Waals surface area contributed by atoms with E-state index in [2.05, 4.69) is 26.6 Å². The third-order valence-electron chi connectivity index (χ3n) is 15.2. The molecule has 28 heteroatoms. The summed E-state index contributed by atoms with van der Waals surface area (Å²) < 4.78 is 0. The number of nitrogens with zero attached hydrogens (tertiary/aromatic N) is 5. The summed E-state index contributed by atoms with van der Waals surface area (Å²) in [5.74, 6) is -9.75. The van der Waals surface area contributed by atoms with Crippen LogP contribution in [0.4, 0.5) is 4.79 Å². The highest BCUT2D eigenvalue weighted by molar-refractivity contribution is 5.97. The van der Waals surface area contributed by atoms with Gasteiger partial charge in [-0.15, -0.1) is 0 Å². The van der Waals surface area contributed by atoms with Crippen LogP contribution in [0.15, 0.2) is 30.3 Å². The van der Waals surface area contributed by atoms with Gasteiger partial charge in [0.15, 0.2) is 0 Å². The molecule has 0 aliphatic carbocycles. The molecule has 1 unspecified atom stereocenters. The average Bonchev–Trinajstić information content (AvgIpc) is 4.17. The summed E-state index contributed by atoms with van der Waals surface area (Å²) in [5.41, 5.74) is 12.3. The Kier molecular flexibility index (Phi) is 31.7. The maximum atomic E-state index is 14.5. The number of carbonyl (C=O) groups is 11. The van der Waals surface area contributed by atoms with Crippen LogP contribution >= 0.6 is 0 Å². The molecule has 0 spiro atoms. The molecule has 2 heterocycles. The second-order valence-electron chi connectivity index (χ2n) is 22.1. The first-order chi connectivity index (χ1) is 39.9. The molecular weight excluding hydrogens is 1100 g/mol. The summed E-state index contributed by atoms with van der Waals surface area (Å²) in [6, 6.07) is 0.205. The van der Waals surface area contributed by atoms with Gasteiger partial charge in [0.1, 0.15) is 42.3 Å². The van der Waals surface area contributed by atoms with E-state index in [0.29, 0.717) is 50.6 Å². The van der Waals surface area contributed by atoms with Crippen LogP contribution in [-0.2, 0) is 54.4 Å². The fraction of sp³-hybridized carbons (Fsp3) is 0.696. The Morgan fingerprint density at radius 2 is 1.14 bits per heavy atom. The molecular formula is C56H92N12O16. The average molecular weight is 1190 g/mol. The number of carboxylic acids is 4. The Labute approximate surface area is 491 Å². The Morgan fingerprint density at radius 3 is 1.69 bits per heavy atom. The minimum absolute atomic E-state index is 0.00233. The highest BCUT2D eigenvalue weighted by Gasteiger charge is 2.40. The molecule has 28 nitrogen and oxygen atoms in total. The molecule has 84 heavy (non-hydrogen) atoms. The Morgan fingerprint density at radius 1 is 0.595 bits per heavy atom. The monoisotopic (exact) mass is 1190 g/mol. The Bertz CT molecular complexity index is 2330. The van der Waals surface area contributed by atoms with Gasteiger partial charge < -0.3 is 73.4 Å². The van der Waals surface area contributed by atoms with Crippen molar-refractivity contribution >= 4 is 65.4 Å². The van der Waals surface area contributed by atoms with E-state index in [1.165, 1.54) is 19.6 Å². The van der Waals surface area contributed by atoms with Gasteiger partial charge in [0, 0.05) is 71.7 Å². The van der Waals surface area contributed by atoms with Crippen LogP contribution in [0.5, 0.6) is 0 Å². The summed E-state index contributed by atoms with van der Waals surface area (Å²) >= 11 is 0. The first kappa shape index (κ1) is 71.3. The van der Waals surface area contributed by atoms with Crippen LogP contribution in [0.2, 0.25) is 0 Å². The van der Waals surface area contributed by atoms with Crippen LogP contribution in [0.3, 0.4) is 0 Å². The van der Waals surface area contributed by atoms with Gasteiger partial charge in [0.2, 0.25) is 35.4 Å².